The molecule has 2 aromatic carbocycles. The molecule has 230 valence electrons. The first-order valence-electron chi connectivity index (χ1n) is 14.2. The molecular weight excluding hydrogens is 550 g/mol. The van der Waals surface area contributed by atoms with Crippen LogP contribution in [0.25, 0.3) is 0 Å². The summed E-state index contributed by atoms with van der Waals surface area (Å²) in [6.45, 7) is 10.6. The highest BCUT2D eigenvalue weighted by Crippen LogP contribution is 2.26. The van der Waals surface area contributed by atoms with Crippen molar-refractivity contribution in [1.82, 2.24) is 4.48 Å². The molecule has 0 aliphatic heterocycles. The number of benzene rings is 2. The Labute approximate surface area is 244 Å². The third-order valence-corrected chi connectivity index (χ3v) is 7.34. The zero-order valence-corrected chi connectivity index (χ0v) is 25.3. The Morgan fingerprint density at radius 3 is 1.80 bits per heavy atom. The third-order valence-electron chi connectivity index (χ3n) is 6.51. The van der Waals surface area contributed by atoms with E-state index < -0.39 is 32.5 Å². The Bertz CT molecular complexity index is 1130. The minimum absolute atomic E-state index is 0.01000. The normalized spacial score (nSPS) is 11.4. The number of nitrogens with zero attached hydrogens (tertiary/aromatic N) is 1. The van der Waals surface area contributed by atoms with Crippen LogP contribution in [0.2, 0.25) is 0 Å². The number of hydrogen-bond donors (Lipinski definition) is 3. The first kappa shape index (κ1) is 36.2. The van der Waals surface area contributed by atoms with Gasteiger partial charge in [0.25, 0.3) is 10.1 Å². The zero-order valence-electron chi connectivity index (χ0n) is 24.5. The molecule has 0 atom stereocenters. The molecule has 2 rings (SSSR count). The molecule has 10 nitrogen and oxygen atoms in total. The van der Waals surface area contributed by atoms with Gasteiger partial charge in [0.05, 0.1) is 55.5 Å². The second-order valence-electron chi connectivity index (χ2n) is 9.71. The highest BCUT2D eigenvalue weighted by molar-refractivity contribution is 7.85. The lowest BCUT2D eigenvalue weighted by Crippen LogP contribution is -2.51. The van der Waals surface area contributed by atoms with Gasteiger partial charge in [-0.3, -0.25) is 9.04 Å². The van der Waals surface area contributed by atoms with Crippen LogP contribution in [0.15, 0.2) is 53.4 Å². The van der Waals surface area contributed by atoms with Crippen LogP contribution in [0.1, 0.15) is 80.0 Å². The van der Waals surface area contributed by atoms with E-state index in [9.17, 15) is 18.0 Å². The predicted octanol–water partition coefficient (Wildman–Crippen LogP) is 5.19. The Morgan fingerprint density at radius 2 is 1.34 bits per heavy atom. The number of rotatable bonds is 18. The van der Waals surface area contributed by atoms with Gasteiger partial charge < -0.3 is 19.7 Å². The molecule has 0 aromatic heterocycles. The molecule has 3 N–H and O–H groups in total. The monoisotopic (exact) mass is 596 g/mol. The summed E-state index contributed by atoms with van der Waals surface area (Å²) < 4.78 is 41.9. The first-order valence-corrected chi connectivity index (χ1v) is 15.6. The third kappa shape index (κ3) is 13.1. The number of carbonyl (C=O) groups is 2. The first-order chi connectivity index (χ1) is 19.5. The predicted molar refractivity (Wildman–Crippen MR) is 159 cm³/mol. The van der Waals surface area contributed by atoms with Crippen LogP contribution < -0.4 is 4.48 Å². The summed E-state index contributed by atoms with van der Waals surface area (Å²) in [6, 6.07) is 13.7. The molecular formula is C30H46NO9S+. The molecule has 0 fully saturated rings. The van der Waals surface area contributed by atoms with Gasteiger partial charge in [-0.2, -0.15) is 8.42 Å². The highest BCUT2D eigenvalue weighted by Gasteiger charge is 2.28. The molecule has 11 heteroatoms. The Balaban J connectivity index is 0.000000414. The Hall–Kier alpha value is -2.83. The molecule has 0 aliphatic rings. The molecule has 0 bridgehead atoms. The van der Waals surface area contributed by atoms with Gasteiger partial charge in [0.1, 0.15) is 12.3 Å². The van der Waals surface area contributed by atoms with Crippen molar-refractivity contribution >= 4 is 27.7 Å². The Kier molecular flexibility index (Phi) is 17.1. The maximum atomic E-state index is 11.7. The van der Waals surface area contributed by atoms with E-state index in [-0.39, 0.29) is 32.0 Å². The second-order valence-corrected chi connectivity index (χ2v) is 11.1. The number of carboxylic acids is 1. The van der Waals surface area contributed by atoms with Crippen molar-refractivity contribution in [3.05, 3.63) is 59.7 Å². The summed E-state index contributed by atoms with van der Waals surface area (Å²) in [4.78, 5) is 21.9. The molecule has 0 saturated heterocycles. The fourth-order valence-corrected chi connectivity index (χ4v) is 4.83. The number of carbonyl (C=O) groups excluding carboxylic acids is 1. The number of unbranched alkanes of at least 4 members (excludes halogenated alkanes) is 3. The van der Waals surface area contributed by atoms with Crippen molar-refractivity contribution in [2.45, 2.75) is 64.2 Å². The van der Waals surface area contributed by atoms with Gasteiger partial charge in [0.15, 0.2) is 0 Å². The standard InChI is InChI=1S/C18H32N.C12H14O9S/c1-4-7-15-19(16-8-5-2,17-9-6-3)18-13-11-10-12-14-18;13-1-2-20-3-4-21-12(16)9-5-8(11(14)15)6-10(7-9)22(17,18)19/h10-14H,4-9,15-17H2,1-3H3;5-7,13H,1-4H2,(H,14,15)(H,17,18,19)/q+1;. The summed E-state index contributed by atoms with van der Waals surface area (Å²) in [5.74, 6) is -2.44. The number of aliphatic hydroxyl groups excluding tert-OH is 1. The SMILES string of the molecule is CCCC[N+](CCCC)(CCCC)c1ccccc1.O=C(O)c1cc(C(=O)OCCOCCO)cc(S(=O)(=O)O)c1. The van der Waals surface area contributed by atoms with Gasteiger partial charge in [0, 0.05) is 0 Å². The quantitative estimate of drug-likeness (QED) is 0.0915. The highest BCUT2D eigenvalue weighted by atomic mass is 32.2. The van der Waals surface area contributed by atoms with Gasteiger partial charge >= 0.3 is 11.9 Å². The van der Waals surface area contributed by atoms with E-state index in [1.807, 2.05) is 0 Å². The average Bonchev–Trinajstić information content (AvgIpc) is 2.97. The topological polar surface area (TPSA) is 147 Å². The minimum atomic E-state index is -4.67. The molecule has 41 heavy (non-hydrogen) atoms. The van der Waals surface area contributed by atoms with Crippen molar-refractivity contribution in [3.8, 4) is 0 Å². The van der Waals surface area contributed by atoms with E-state index in [2.05, 4.69) is 51.1 Å². The molecule has 0 spiro atoms. The summed E-state index contributed by atoms with van der Waals surface area (Å²) in [5, 5.41) is 17.4. The van der Waals surface area contributed by atoms with E-state index >= 15 is 0 Å². The summed E-state index contributed by atoms with van der Waals surface area (Å²) in [5.41, 5.74) is 0.700. The van der Waals surface area contributed by atoms with Crippen molar-refractivity contribution in [2.24, 2.45) is 0 Å². The second kappa shape index (κ2) is 19.3. The molecule has 0 aliphatic carbocycles. The molecule has 0 heterocycles. The van der Waals surface area contributed by atoms with E-state index in [4.69, 9.17) is 24.2 Å². The largest absolute Gasteiger partial charge is 0.478 e. The number of aromatic carboxylic acids is 1. The van der Waals surface area contributed by atoms with E-state index in [0.29, 0.717) is 0 Å². The van der Waals surface area contributed by atoms with Crippen LogP contribution in [-0.4, -0.2) is 81.2 Å². The van der Waals surface area contributed by atoms with Crippen molar-refractivity contribution in [2.75, 3.05) is 46.1 Å². The number of esters is 1. The van der Waals surface area contributed by atoms with Crippen LogP contribution in [0, 0.1) is 0 Å². The van der Waals surface area contributed by atoms with Gasteiger partial charge in [-0.05, 0) is 49.6 Å². The molecule has 0 radical (unpaired) electrons. The van der Waals surface area contributed by atoms with Gasteiger partial charge in [-0.1, -0.05) is 58.2 Å². The smallest absolute Gasteiger partial charge is 0.338 e. The van der Waals surface area contributed by atoms with Crippen molar-refractivity contribution < 1.29 is 42.2 Å². The van der Waals surface area contributed by atoms with Gasteiger partial charge in [0.2, 0.25) is 0 Å². The van der Waals surface area contributed by atoms with E-state index in [1.54, 1.807) is 0 Å². The zero-order chi connectivity index (χ0) is 30.7. The van der Waals surface area contributed by atoms with Crippen molar-refractivity contribution in [1.29, 1.82) is 0 Å². The molecule has 2 aromatic rings. The number of quaternary nitrogens is 1. The lowest BCUT2D eigenvalue weighted by molar-refractivity contribution is 0.0258. The summed E-state index contributed by atoms with van der Waals surface area (Å²) >= 11 is 0. The lowest BCUT2D eigenvalue weighted by atomic mass is 10.1. The molecule has 0 unspecified atom stereocenters. The van der Waals surface area contributed by atoms with Gasteiger partial charge in [-0.15, -0.1) is 0 Å². The fraction of sp³-hybridized carbons (Fsp3) is 0.533. The Morgan fingerprint density at radius 1 is 0.805 bits per heavy atom. The van der Waals surface area contributed by atoms with E-state index in [0.717, 1.165) is 18.2 Å². The maximum absolute atomic E-state index is 11.7. The summed E-state index contributed by atoms with van der Waals surface area (Å²) in [6.07, 6.45) is 7.90. The number of ether oxygens (including phenoxy) is 2. The number of aliphatic hydroxyl groups is 1. The minimum Gasteiger partial charge on any atom is -0.478 e. The molecule has 0 amide bonds. The van der Waals surface area contributed by atoms with Crippen LogP contribution in [0.3, 0.4) is 0 Å². The number of hydrogen-bond acceptors (Lipinski definition) is 7. The average molecular weight is 597 g/mol. The number of carboxylic acid groups (broad SMARTS) is 1. The lowest BCUT2D eigenvalue weighted by Gasteiger charge is -2.38. The van der Waals surface area contributed by atoms with Crippen molar-refractivity contribution in [3.63, 3.8) is 0 Å². The van der Waals surface area contributed by atoms with Gasteiger partial charge in [-0.25, -0.2) is 9.59 Å². The van der Waals surface area contributed by atoms with Crippen LogP contribution in [0.4, 0.5) is 5.69 Å². The fourth-order valence-electron chi connectivity index (χ4n) is 4.28. The maximum Gasteiger partial charge on any atom is 0.338 e. The van der Waals surface area contributed by atoms with Crippen LogP contribution in [0.5, 0.6) is 0 Å². The molecule has 0 saturated carbocycles. The van der Waals surface area contributed by atoms with E-state index in [1.165, 1.54) is 68.3 Å². The van der Waals surface area contributed by atoms with Crippen LogP contribution in [-0.2, 0) is 19.6 Å². The number of para-hydroxylation sites is 1. The van der Waals surface area contributed by atoms with Crippen LogP contribution >= 0.6 is 0 Å². The summed E-state index contributed by atoms with van der Waals surface area (Å²) in [7, 11) is -4.67.